The van der Waals surface area contributed by atoms with Gasteiger partial charge in [0.25, 0.3) is 11.5 Å². The summed E-state index contributed by atoms with van der Waals surface area (Å²) in [6.45, 7) is 4.72. The number of nitrogens with one attached hydrogen (secondary N) is 1. The minimum Gasteiger partial charge on any atom is -0.373 e. The summed E-state index contributed by atoms with van der Waals surface area (Å²) >= 11 is 0. The highest BCUT2D eigenvalue weighted by molar-refractivity contribution is 5.94. The highest BCUT2D eigenvalue weighted by atomic mass is 19.1. The normalized spacial score (nSPS) is 18.4. The molecule has 1 fully saturated rings. The van der Waals surface area contributed by atoms with Gasteiger partial charge in [-0.25, -0.2) is 9.07 Å². The zero-order valence-electron chi connectivity index (χ0n) is 21.7. The van der Waals surface area contributed by atoms with E-state index in [-0.39, 0.29) is 24.1 Å². The Morgan fingerprint density at radius 2 is 2.03 bits per heavy atom. The summed E-state index contributed by atoms with van der Waals surface area (Å²) in [6, 6.07) is 13.1. The van der Waals surface area contributed by atoms with Crippen LogP contribution < -0.4 is 21.3 Å². The average Bonchev–Trinajstić information content (AvgIpc) is 3.77. The number of benzene rings is 2. The Bertz CT molecular complexity index is 1570. The molecule has 0 radical (unpaired) electrons. The first kappa shape index (κ1) is 25.8. The number of nitrogens with zero attached hydrogens (tertiary/aromatic N) is 2. The third-order valence-corrected chi connectivity index (χ3v) is 7.00. The van der Waals surface area contributed by atoms with Crippen LogP contribution in [0.15, 0.2) is 65.1 Å². The van der Waals surface area contributed by atoms with E-state index < -0.39 is 6.17 Å². The van der Waals surface area contributed by atoms with Crippen molar-refractivity contribution in [2.75, 3.05) is 13.2 Å². The molecule has 5 rings (SSSR count). The van der Waals surface area contributed by atoms with Crippen LogP contribution in [0.4, 0.5) is 4.39 Å². The molecule has 1 aromatic heterocycles. The second-order valence-electron chi connectivity index (χ2n) is 9.77. The minimum absolute atomic E-state index is 0.0141. The summed E-state index contributed by atoms with van der Waals surface area (Å²) in [6.07, 6.45) is 9.39. The van der Waals surface area contributed by atoms with Gasteiger partial charge >= 0.3 is 0 Å². The van der Waals surface area contributed by atoms with E-state index in [1.807, 2.05) is 44.2 Å². The third-order valence-electron chi connectivity index (χ3n) is 7.00. The van der Waals surface area contributed by atoms with E-state index in [0.29, 0.717) is 29.8 Å². The fraction of sp³-hybridized carbons (Fsp3) is 0.323. The summed E-state index contributed by atoms with van der Waals surface area (Å²) in [5.41, 5.74) is 4.07. The summed E-state index contributed by atoms with van der Waals surface area (Å²) < 4.78 is 21.1. The molecule has 6 nitrogen and oxygen atoms in total. The molecule has 1 unspecified atom stereocenters. The van der Waals surface area contributed by atoms with Gasteiger partial charge in [0.05, 0.1) is 24.8 Å². The zero-order chi connectivity index (χ0) is 26.6. The Hall–Kier alpha value is -3.84. The van der Waals surface area contributed by atoms with Crippen LogP contribution in [0.25, 0.3) is 23.3 Å². The first-order valence-corrected chi connectivity index (χ1v) is 13.2. The monoisotopic (exact) mass is 513 g/mol. The van der Waals surface area contributed by atoms with Gasteiger partial charge in [0.1, 0.15) is 6.17 Å². The van der Waals surface area contributed by atoms with Crippen molar-refractivity contribution in [3.05, 3.63) is 97.8 Å². The number of halogens is 1. The van der Waals surface area contributed by atoms with Crippen LogP contribution in [0.2, 0.25) is 0 Å². The Kier molecular flexibility index (Phi) is 7.65. The molecule has 2 aromatic carbocycles. The lowest BCUT2D eigenvalue weighted by Gasteiger charge is -2.20. The van der Waals surface area contributed by atoms with Crippen LogP contribution in [0.5, 0.6) is 0 Å². The third kappa shape index (κ3) is 5.53. The molecule has 2 heterocycles. The van der Waals surface area contributed by atoms with Crippen molar-refractivity contribution in [2.45, 2.75) is 51.9 Å². The number of carbonyl (C=O) groups excluding carboxylic acids is 1. The molecule has 3 aromatic rings. The van der Waals surface area contributed by atoms with Gasteiger partial charge in [-0.15, -0.1) is 0 Å². The van der Waals surface area contributed by atoms with Gasteiger partial charge in [-0.1, -0.05) is 37.3 Å². The first-order valence-electron chi connectivity index (χ1n) is 13.2. The van der Waals surface area contributed by atoms with E-state index in [1.54, 1.807) is 35.1 Å². The largest absolute Gasteiger partial charge is 0.373 e. The Morgan fingerprint density at radius 1 is 1.18 bits per heavy atom. The van der Waals surface area contributed by atoms with Gasteiger partial charge in [-0.2, -0.15) is 5.10 Å². The van der Waals surface area contributed by atoms with Crippen molar-refractivity contribution in [3.63, 3.8) is 0 Å². The van der Waals surface area contributed by atoms with Gasteiger partial charge < -0.3 is 10.1 Å². The molecule has 2 aliphatic rings. The number of fused-ring (bicyclic) bond motifs is 1. The SMILES string of the molecule is C/C=c1/ccc(-c2ccnn(C3CC3)c2=O)c/c1=C/C(=C/CC)CNC(=O)c1ccc2c(c1)C(F)COC2. The van der Waals surface area contributed by atoms with E-state index in [2.05, 4.69) is 16.5 Å². The highest BCUT2D eigenvalue weighted by Gasteiger charge is 2.26. The van der Waals surface area contributed by atoms with Crippen LogP contribution in [0.1, 0.15) is 66.8 Å². The number of amides is 1. The maximum Gasteiger partial charge on any atom is 0.274 e. The van der Waals surface area contributed by atoms with Gasteiger partial charge in [0.15, 0.2) is 0 Å². The maximum absolute atomic E-state index is 14.3. The second-order valence-corrected chi connectivity index (χ2v) is 9.77. The van der Waals surface area contributed by atoms with Crippen LogP contribution in [-0.2, 0) is 11.3 Å². The topological polar surface area (TPSA) is 73.2 Å². The van der Waals surface area contributed by atoms with E-state index in [9.17, 15) is 14.0 Å². The highest BCUT2D eigenvalue weighted by Crippen LogP contribution is 2.33. The van der Waals surface area contributed by atoms with Gasteiger partial charge in [0.2, 0.25) is 0 Å². The van der Waals surface area contributed by atoms with Gasteiger partial charge in [-0.05, 0) is 89.2 Å². The number of rotatable bonds is 7. The molecule has 0 saturated heterocycles. The lowest BCUT2D eigenvalue weighted by molar-refractivity contribution is 0.0512. The predicted octanol–water partition coefficient (Wildman–Crippen LogP) is 4.13. The molecular weight excluding hydrogens is 481 g/mol. The summed E-state index contributed by atoms with van der Waals surface area (Å²) in [5, 5.41) is 9.24. The van der Waals surface area contributed by atoms with Crippen LogP contribution in [0.3, 0.4) is 0 Å². The Morgan fingerprint density at radius 3 is 2.79 bits per heavy atom. The smallest absolute Gasteiger partial charge is 0.274 e. The van der Waals surface area contributed by atoms with Crippen molar-refractivity contribution >= 4 is 18.1 Å². The van der Waals surface area contributed by atoms with Crippen molar-refractivity contribution in [1.82, 2.24) is 15.1 Å². The molecule has 1 aliphatic carbocycles. The van der Waals surface area contributed by atoms with E-state index in [0.717, 1.165) is 46.4 Å². The number of aromatic nitrogens is 2. The molecule has 0 spiro atoms. The molecule has 7 heteroatoms. The molecule has 196 valence electrons. The standard InChI is InChI=1S/C31H32FN3O3/c1-3-5-20(17-33-30(36)23-8-9-24-18-38-19-29(32)28(24)16-23)14-25-15-22(7-6-21(25)4-2)27-12-13-34-35(31(27)37)26-10-11-26/h4-9,12-16,26,29H,3,10-11,17-19H2,1-2H3,(H,33,36)/b20-5-,21-4-,25-14-. The number of ether oxygens (including phenoxy) is 1. The first-order chi connectivity index (χ1) is 18.5. The summed E-state index contributed by atoms with van der Waals surface area (Å²) in [4.78, 5) is 26.0. The second kappa shape index (κ2) is 11.3. The summed E-state index contributed by atoms with van der Waals surface area (Å²) in [5.74, 6) is -0.254. The van der Waals surface area contributed by atoms with Crippen molar-refractivity contribution in [3.8, 4) is 11.1 Å². The Labute approximate surface area is 221 Å². The zero-order valence-corrected chi connectivity index (χ0v) is 21.7. The van der Waals surface area contributed by atoms with Crippen LogP contribution in [-0.4, -0.2) is 28.8 Å². The van der Waals surface area contributed by atoms with Gasteiger partial charge in [0, 0.05) is 18.3 Å². The number of allylic oxidation sites excluding steroid dienone is 1. The Balaban J connectivity index is 1.41. The molecule has 1 atom stereocenters. The quantitative estimate of drug-likeness (QED) is 0.516. The predicted molar refractivity (Wildman–Crippen MR) is 147 cm³/mol. The maximum atomic E-state index is 14.3. The average molecular weight is 514 g/mol. The van der Waals surface area contributed by atoms with Crippen molar-refractivity contribution in [1.29, 1.82) is 0 Å². The fourth-order valence-corrected chi connectivity index (χ4v) is 4.81. The minimum atomic E-state index is -1.22. The van der Waals surface area contributed by atoms with Crippen molar-refractivity contribution < 1.29 is 13.9 Å². The van der Waals surface area contributed by atoms with Gasteiger partial charge in [-0.3, -0.25) is 9.59 Å². The molecule has 1 amide bonds. The van der Waals surface area contributed by atoms with E-state index >= 15 is 0 Å². The number of hydrogen-bond donors (Lipinski definition) is 1. The van der Waals surface area contributed by atoms with E-state index in [1.165, 1.54) is 0 Å². The number of carbonyl (C=O) groups is 1. The van der Waals surface area contributed by atoms with E-state index in [4.69, 9.17) is 4.74 Å². The number of hydrogen-bond acceptors (Lipinski definition) is 4. The molecule has 38 heavy (non-hydrogen) atoms. The molecule has 1 N–H and O–H groups in total. The van der Waals surface area contributed by atoms with Crippen LogP contribution >= 0.6 is 0 Å². The lowest BCUT2D eigenvalue weighted by atomic mass is 9.98. The molecule has 0 bridgehead atoms. The summed E-state index contributed by atoms with van der Waals surface area (Å²) in [7, 11) is 0. The van der Waals surface area contributed by atoms with Crippen LogP contribution in [0, 0.1) is 0 Å². The molecular formula is C31H32FN3O3. The molecule has 1 saturated carbocycles. The molecule has 1 aliphatic heterocycles. The number of alkyl halides is 1. The van der Waals surface area contributed by atoms with Crippen molar-refractivity contribution in [2.24, 2.45) is 0 Å². The fourth-order valence-electron chi connectivity index (χ4n) is 4.81. The lowest BCUT2D eigenvalue weighted by Crippen LogP contribution is -2.29.